The van der Waals surface area contributed by atoms with Gasteiger partial charge in [-0.1, -0.05) is 24.3 Å². The summed E-state index contributed by atoms with van der Waals surface area (Å²) < 4.78 is 0. The van der Waals surface area contributed by atoms with Crippen LogP contribution in [-0.4, -0.2) is 43.0 Å². The van der Waals surface area contributed by atoms with Gasteiger partial charge in [-0.15, -0.1) is 23.7 Å². The molecule has 0 fully saturated rings. The SMILES string of the molecule is CNCCN(C)C(=O)c1csc(-c2ccccc2C)n1.Cl. The monoisotopic (exact) mass is 325 g/mol. The molecule has 0 bridgehead atoms. The molecule has 0 aliphatic heterocycles. The molecule has 0 radical (unpaired) electrons. The summed E-state index contributed by atoms with van der Waals surface area (Å²) in [5.74, 6) is -0.0312. The normalized spacial score (nSPS) is 10.0. The van der Waals surface area contributed by atoms with Crippen LogP contribution in [-0.2, 0) is 0 Å². The molecule has 1 amide bonds. The molecule has 21 heavy (non-hydrogen) atoms. The van der Waals surface area contributed by atoms with Crippen LogP contribution in [0.25, 0.3) is 10.6 Å². The fraction of sp³-hybridized carbons (Fsp3) is 0.333. The predicted octanol–water partition coefficient (Wildman–Crippen LogP) is 2.83. The molecule has 0 atom stereocenters. The minimum Gasteiger partial charge on any atom is -0.339 e. The number of aromatic nitrogens is 1. The molecule has 6 heteroatoms. The number of hydrogen-bond donors (Lipinski definition) is 1. The molecule has 0 unspecified atom stereocenters. The van der Waals surface area contributed by atoms with E-state index in [1.165, 1.54) is 16.9 Å². The van der Waals surface area contributed by atoms with Crippen molar-refractivity contribution in [3.63, 3.8) is 0 Å². The average molecular weight is 326 g/mol. The van der Waals surface area contributed by atoms with E-state index in [1.54, 1.807) is 11.9 Å². The van der Waals surface area contributed by atoms with E-state index >= 15 is 0 Å². The molecule has 0 saturated heterocycles. The highest BCUT2D eigenvalue weighted by molar-refractivity contribution is 7.13. The first-order valence-corrected chi connectivity index (χ1v) is 7.43. The van der Waals surface area contributed by atoms with E-state index < -0.39 is 0 Å². The van der Waals surface area contributed by atoms with Crippen molar-refractivity contribution in [2.24, 2.45) is 0 Å². The number of carbonyl (C=O) groups is 1. The van der Waals surface area contributed by atoms with Crippen molar-refractivity contribution < 1.29 is 4.79 Å². The first-order chi connectivity index (χ1) is 9.63. The Bertz CT molecular complexity index is 600. The van der Waals surface area contributed by atoms with Gasteiger partial charge in [-0.25, -0.2) is 4.98 Å². The molecule has 0 spiro atoms. The molecule has 114 valence electrons. The van der Waals surface area contributed by atoms with Gasteiger partial charge in [-0.2, -0.15) is 0 Å². The minimum absolute atomic E-state index is 0. The van der Waals surface area contributed by atoms with Crippen LogP contribution in [0.1, 0.15) is 16.1 Å². The van der Waals surface area contributed by atoms with Gasteiger partial charge in [0.2, 0.25) is 0 Å². The van der Waals surface area contributed by atoms with E-state index in [1.807, 2.05) is 30.6 Å². The zero-order valence-corrected chi connectivity index (χ0v) is 14.1. The summed E-state index contributed by atoms with van der Waals surface area (Å²) in [6, 6.07) is 8.08. The van der Waals surface area contributed by atoms with Gasteiger partial charge in [0.15, 0.2) is 0 Å². The minimum atomic E-state index is -0.0312. The maximum atomic E-state index is 12.2. The van der Waals surface area contributed by atoms with E-state index in [2.05, 4.69) is 23.3 Å². The molecule has 1 heterocycles. The van der Waals surface area contributed by atoms with Crippen LogP contribution in [0.4, 0.5) is 0 Å². The molecule has 1 aromatic carbocycles. The molecule has 4 nitrogen and oxygen atoms in total. The number of nitrogens with one attached hydrogen (secondary N) is 1. The van der Waals surface area contributed by atoms with E-state index in [-0.39, 0.29) is 18.3 Å². The van der Waals surface area contributed by atoms with Gasteiger partial charge < -0.3 is 10.2 Å². The smallest absolute Gasteiger partial charge is 0.273 e. The van der Waals surface area contributed by atoms with Gasteiger partial charge in [0.1, 0.15) is 10.7 Å². The number of hydrogen-bond acceptors (Lipinski definition) is 4. The van der Waals surface area contributed by atoms with Crippen molar-refractivity contribution in [2.45, 2.75) is 6.92 Å². The molecule has 1 aromatic heterocycles. The van der Waals surface area contributed by atoms with E-state index in [0.29, 0.717) is 12.2 Å². The first kappa shape index (κ1) is 17.6. The maximum absolute atomic E-state index is 12.2. The van der Waals surface area contributed by atoms with Crippen LogP contribution in [0.15, 0.2) is 29.6 Å². The van der Waals surface area contributed by atoms with Crippen molar-refractivity contribution in [1.82, 2.24) is 15.2 Å². The Morgan fingerprint density at radius 3 is 2.76 bits per heavy atom. The Kier molecular flexibility index (Phi) is 6.81. The van der Waals surface area contributed by atoms with Crippen molar-refractivity contribution in [3.8, 4) is 10.6 Å². The van der Waals surface area contributed by atoms with E-state index in [4.69, 9.17) is 0 Å². The van der Waals surface area contributed by atoms with Crippen molar-refractivity contribution in [3.05, 3.63) is 40.9 Å². The second kappa shape index (κ2) is 8.12. The summed E-state index contributed by atoms with van der Waals surface area (Å²) >= 11 is 1.51. The Morgan fingerprint density at radius 1 is 1.38 bits per heavy atom. The second-order valence-electron chi connectivity index (χ2n) is 4.68. The number of nitrogens with zero attached hydrogens (tertiary/aromatic N) is 2. The molecular weight excluding hydrogens is 306 g/mol. The fourth-order valence-electron chi connectivity index (χ4n) is 1.89. The number of likely N-dealkylation sites (N-methyl/N-ethyl adjacent to an activating group) is 2. The lowest BCUT2D eigenvalue weighted by Gasteiger charge is -2.15. The van der Waals surface area contributed by atoms with Gasteiger partial charge in [-0.3, -0.25) is 4.79 Å². The standard InChI is InChI=1S/C15H19N3OS.ClH/c1-11-6-4-5-7-12(11)14-17-13(10-20-14)15(19)18(3)9-8-16-2;/h4-7,10,16H,8-9H2,1-3H3;1H. The summed E-state index contributed by atoms with van der Waals surface area (Å²) in [4.78, 5) is 18.4. The van der Waals surface area contributed by atoms with Crippen LogP contribution in [0.3, 0.4) is 0 Å². The molecule has 0 aliphatic rings. The van der Waals surface area contributed by atoms with Crippen molar-refractivity contribution in [1.29, 1.82) is 0 Å². The fourth-order valence-corrected chi connectivity index (χ4v) is 2.77. The number of benzene rings is 1. The lowest BCUT2D eigenvalue weighted by molar-refractivity contribution is 0.0792. The zero-order valence-electron chi connectivity index (χ0n) is 12.4. The quantitative estimate of drug-likeness (QED) is 0.919. The Balaban J connectivity index is 0.00000220. The van der Waals surface area contributed by atoms with Crippen LogP contribution in [0.5, 0.6) is 0 Å². The Labute approximate surface area is 135 Å². The third-order valence-electron chi connectivity index (χ3n) is 3.14. The lowest BCUT2D eigenvalue weighted by atomic mass is 10.1. The van der Waals surface area contributed by atoms with E-state index in [0.717, 1.165) is 17.1 Å². The molecule has 1 N–H and O–H groups in total. The summed E-state index contributed by atoms with van der Waals surface area (Å²) in [6.07, 6.45) is 0. The van der Waals surface area contributed by atoms with E-state index in [9.17, 15) is 4.79 Å². The van der Waals surface area contributed by atoms with Gasteiger partial charge in [0.05, 0.1) is 0 Å². The summed E-state index contributed by atoms with van der Waals surface area (Å²) in [6.45, 7) is 3.50. The van der Waals surface area contributed by atoms with Gasteiger partial charge >= 0.3 is 0 Å². The highest BCUT2D eigenvalue weighted by Crippen LogP contribution is 2.26. The van der Waals surface area contributed by atoms with Crippen molar-refractivity contribution >= 4 is 29.7 Å². The number of amides is 1. The Morgan fingerprint density at radius 2 is 2.10 bits per heavy atom. The van der Waals surface area contributed by atoms with Gasteiger partial charge in [0, 0.05) is 31.1 Å². The number of aryl methyl sites for hydroxylation is 1. The Hall–Kier alpha value is -1.43. The van der Waals surface area contributed by atoms with Crippen LogP contribution in [0, 0.1) is 6.92 Å². The zero-order chi connectivity index (χ0) is 14.5. The third kappa shape index (κ3) is 4.27. The predicted molar refractivity (Wildman–Crippen MR) is 90.4 cm³/mol. The maximum Gasteiger partial charge on any atom is 0.273 e. The highest BCUT2D eigenvalue weighted by Gasteiger charge is 2.16. The molecular formula is C15H20ClN3OS. The first-order valence-electron chi connectivity index (χ1n) is 6.55. The van der Waals surface area contributed by atoms with Gasteiger partial charge in [-0.05, 0) is 19.5 Å². The molecule has 2 aromatic rings. The summed E-state index contributed by atoms with van der Waals surface area (Å²) in [5, 5.41) is 5.76. The summed E-state index contributed by atoms with van der Waals surface area (Å²) in [5.41, 5.74) is 2.78. The number of carbonyl (C=O) groups excluding carboxylic acids is 1. The summed E-state index contributed by atoms with van der Waals surface area (Å²) in [7, 11) is 3.67. The number of rotatable bonds is 5. The third-order valence-corrected chi connectivity index (χ3v) is 4.02. The number of halogens is 1. The molecule has 0 aliphatic carbocycles. The molecule has 0 saturated carbocycles. The second-order valence-corrected chi connectivity index (χ2v) is 5.54. The lowest BCUT2D eigenvalue weighted by Crippen LogP contribution is -2.32. The topological polar surface area (TPSA) is 45.2 Å². The molecule has 2 rings (SSSR count). The highest BCUT2D eigenvalue weighted by atomic mass is 35.5. The van der Waals surface area contributed by atoms with Crippen molar-refractivity contribution in [2.75, 3.05) is 27.2 Å². The van der Waals surface area contributed by atoms with Crippen LogP contribution >= 0.6 is 23.7 Å². The largest absolute Gasteiger partial charge is 0.339 e. The van der Waals surface area contributed by atoms with Crippen LogP contribution < -0.4 is 5.32 Å². The average Bonchev–Trinajstić information content (AvgIpc) is 2.94. The number of thiazole rings is 1. The van der Waals surface area contributed by atoms with Gasteiger partial charge in [0.25, 0.3) is 5.91 Å². The van der Waals surface area contributed by atoms with Crippen LogP contribution in [0.2, 0.25) is 0 Å².